The molecule has 18 heavy (non-hydrogen) atoms. The van der Waals surface area contributed by atoms with Crippen LogP contribution < -0.4 is 4.74 Å². The van der Waals surface area contributed by atoms with Gasteiger partial charge in [0.1, 0.15) is 0 Å². The van der Waals surface area contributed by atoms with Crippen LogP contribution in [-0.4, -0.2) is 47.5 Å². The van der Waals surface area contributed by atoms with Crippen molar-refractivity contribution in [3.05, 3.63) is 23.9 Å². The van der Waals surface area contributed by atoms with Gasteiger partial charge in [0.05, 0.1) is 12.8 Å². The lowest BCUT2D eigenvalue weighted by molar-refractivity contribution is 0.244. The van der Waals surface area contributed by atoms with E-state index in [1.807, 2.05) is 0 Å². The van der Waals surface area contributed by atoms with E-state index in [1.54, 1.807) is 18.3 Å². The molecule has 0 aliphatic rings. The van der Waals surface area contributed by atoms with Crippen molar-refractivity contribution in [2.45, 2.75) is 20.3 Å². The van der Waals surface area contributed by atoms with Gasteiger partial charge in [-0.2, -0.15) is 0 Å². The molecule has 0 radical (unpaired) electrons. The van der Waals surface area contributed by atoms with Crippen LogP contribution in [0, 0.1) is 0 Å². The number of ether oxygens (including phenoxy) is 1. The SMILES string of the molecule is CCN(CC)CCCOc1ccc(/C=N/O)cn1. The molecule has 1 heterocycles. The van der Waals surface area contributed by atoms with E-state index in [0.717, 1.165) is 31.6 Å². The summed E-state index contributed by atoms with van der Waals surface area (Å²) in [5.74, 6) is 0.602. The molecule has 1 aromatic heterocycles. The fraction of sp³-hybridized carbons (Fsp3) is 0.538. The average molecular weight is 251 g/mol. The van der Waals surface area contributed by atoms with E-state index in [-0.39, 0.29) is 0 Å². The number of hydrogen-bond donors (Lipinski definition) is 1. The largest absolute Gasteiger partial charge is 0.478 e. The van der Waals surface area contributed by atoms with Crippen molar-refractivity contribution < 1.29 is 9.94 Å². The Morgan fingerprint density at radius 1 is 1.39 bits per heavy atom. The Balaban J connectivity index is 2.27. The van der Waals surface area contributed by atoms with E-state index in [0.29, 0.717) is 12.5 Å². The van der Waals surface area contributed by atoms with Gasteiger partial charge in [-0.25, -0.2) is 4.98 Å². The average Bonchev–Trinajstić information content (AvgIpc) is 2.41. The van der Waals surface area contributed by atoms with Crippen molar-refractivity contribution in [2.75, 3.05) is 26.2 Å². The van der Waals surface area contributed by atoms with Crippen LogP contribution >= 0.6 is 0 Å². The van der Waals surface area contributed by atoms with Crippen LogP contribution in [0.1, 0.15) is 25.8 Å². The van der Waals surface area contributed by atoms with Crippen LogP contribution in [0.5, 0.6) is 5.88 Å². The maximum absolute atomic E-state index is 8.37. The van der Waals surface area contributed by atoms with Gasteiger partial charge in [0.15, 0.2) is 0 Å². The fourth-order valence-electron chi connectivity index (χ4n) is 1.62. The smallest absolute Gasteiger partial charge is 0.213 e. The first-order valence-corrected chi connectivity index (χ1v) is 6.28. The number of nitrogens with zero attached hydrogens (tertiary/aromatic N) is 3. The second kappa shape index (κ2) is 8.47. The molecule has 1 N–H and O–H groups in total. The summed E-state index contributed by atoms with van der Waals surface area (Å²) >= 11 is 0. The molecular weight excluding hydrogens is 230 g/mol. The zero-order valence-electron chi connectivity index (χ0n) is 11.0. The van der Waals surface area contributed by atoms with Gasteiger partial charge < -0.3 is 14.8 Å². The molecule has 0 atom stereocenters. The number of pyridine rings is 1. The van der Waals surface area contributed by atoms with Crippen molar-refractivity contribution in [1.29, 1.82) is 0 Å². The first kappa shape index (κ1) is 14.4. The summed E-state index contributed by atoms with van der Waals surface area (Å²) < 4.78 is 5.53. The highest BCUT2D eigenvalue weighted by Gasteiger charge is 1.99. The standard InChI is InChI=1S/C13H21N3O2/c1-3-16(4-2)8-5-9-18-13-7-6-12(10-14-13)11-15-17/h6-7,10-11,17H,3-5,8-9H2,1-2H3/b15-11+. The summed E-state index contributed by atoms with van der Waals surface area (Å²) in [4.78, 5) is 6.47. The highest BCUT2D eigenvalue weighted by Crippen LogP contribution is 2.06. The Morgan fingerprint density at radius 3 is 2.72 bits per heavy atom. The third-order valence-electron chi connectivity index (χ3n) is 2.73. The molecule has 0 amide bonds. The van der Waals surface area contributed by atoms with E-state index >= 15 is 0 Å². The summed E-state index contributed by atoms with van der Waals surface area (Å²) in [5, 5.41) is 11.3. The molecule has 100 valence electrons. The lowest BCUT2D eigenvalue weighted by Gasteiger charge is -2.17. The van der Waals surface area contributed by atoms with Gasteiger partial charge in [-0.15, -0.1) is 0 Å². The van der Waals surface area contributed by atoms with Gasteiger partial charge in [-0.05, 0) is 25.6 Å². The first-order valence-electron chi connectivity index (χ1n) is 6.28. The van der Waals surface area contributed by atoms with Crippen LogP contribution in [0.15, 0.2) is 23.5 Å². The van der Waals surface area contributed by atoms with Crippen molar-refractivity contribution in [1.82, 2.24) is 9.88 Å². The third kappa shape index (κ3) is 5.14. The molecule has 5 heteroatoms. The lowest BCUT2D eigenvalue weighted by atomic mass is 10.3. The minimum absolute atomic E-state index is 0.602. The third-order valence-corrected chi connectivity index (χ3v) is 2.73. The molecule has 0 aliphatic heterocycles. The summed E-state index contributed by atoms with van der Waals surface area (Å²) in [7, 11) is 0. The number of hydrogen-bond acceptors (Lipinski definition) is 5. The molecule has 0 aliphatic carbocycles. The van der Waals surface area contributed by atoms with Gasteiger partial charge in [0, 0.05) is 24.4 Å². The topological polar surface area (TPSA) is 58.0 Å². The number of aromatic nitrogens is 1. The zero-order chi connectivity index (χ0) is 13.2. The Kier molecular flexibility index (Phi) is 6.79. The molecule has 5 nitrogen and oxygen atoms in total. The van der Waals surface area contributed by atoms with Crippen molar-refractivity contribution in [3.8, 4) is 5.88 Å². The minimum Gasteiger partial charge on any atom is -0.478 e. The summed E-state index contributed by atoms with van der Waals surface area (Å²) in [6.07, 6.45) is 3.93. The maximum Gasteiger partial charge on any atom is 0.213 e. The Morgan fingerprint density at radius 2 is 2.17 bits per heavy atom. The van der Waals surface area contributed by atoms with Gasteiger partial charge in [-0.1, -0.05) is 19.0 Å². The van der Waals surface area contributed by atoms with Gasteiger partial charge in [0.2, 0.25) is 5.88 Å². The molecule has 1 aromatic rings. The van der Waals surface area contributed by atoms with Crippen molar-refractivity contribution in [2.24, 2.45) is 5.16 Å². The van der Waals surface area contributed by atoms with E-state index in [4.69, 9.17) is 9.94 Å². The minimum atomic E-state index is 0.602. The highest BCUT2D eigenvalue weighted by atomic mass is 16.5. The molecule has 0 unspecified atom stereocenters. The van der Waals surface area contributed by atoms with E-state index in [9.17, 15) is 0 Å². The van der Waals surface area contributed by atoms with Crippen LogP contribution in [0.3, 0.4) is 0 Å². The highest BCUT2D eigenvalue weighted by molar-refractivity contribution is 5.78. The molecule has 0 bridgehead atoms. The molecule has 0 fully saturated rings. The van der Waals surface area contributed by atoms with Crippen LogP contribution in [0.4, 0.5) is 0 Å². The van der Waals surface area contributed by atoms with Gasteiger partial charge in [0.25, 0.3) is 0 Å². The van der Waals surface area contributed by atoms with Crippen LogP contribution in [0.25, 0.3) is 0 Å². The van der Waals surface area contributed by atoms with Crippen molar-refractivity contribution in [3.63, 3.8) is 0 Å². The molecular formula is C13H21N3O2. The van der Waals surface area contributed by atoms with E-state index in [1.165, 1.54) is 6.21 Å². The molecule has 1 rings (SSSR count). The number of rotatable bonds is 8. The molecule has 0 aromatic carbocycles. The predicted octanol–water partition coefficient (Wildman–Crippen LogP) is 2.00. The lowest BCUT2D eigenvalue weighted by Crippen LogP contribution is -2.25. The Bertz CT molecular complexity index is 348. The van der Waals surface area contributed by atoms with Gasteiger partial charge >= 0.3 is 0 Å². The van der Waals surface area contributed by atoms with E-state index in [2.05, 4.69) is 28.9 Å². The Hall–Kier alpha value is -1.62. The normalized spacial score (nSPS) is 11.3. The quantitative estimate of drug-likeness (QED) is 0.332. The number of oxime groups is 1. The van der Waals surface area contributed by atoms with Crippen LogP contribution in [0.2, 0.25) is 0 Å². The first-order chi connectivity index (χ1) is 8.80. The molecule has 0 spiro atoms. The van der Waals surface area contributed by atoms with E-state index < -0.39 is 0 Å². The summed E-state index contributed by atoms with van der Waals surface area (Å²) in [6.45, 7) is 8.17. The molecule has 0 saturated heterocycles. The monoisotopic (exact) mass is 251 g/mol. The summed E-state index contributed by atoms with van der Waals surface area (Å²) in [6, 6.07) is 3.57. The van der Waals surface area contributed by atoms with Crippen molar-refractivity contribution >= 4 is 6.21 Å². The second-order valence-electron chi connectivity index (χ2n) is 3.90. The van der Waals surface area contributed by atoms with Crippen LogP contribution in [-0.2, 0) is 0 Å². The molecule has 0 saturated carbocycles. The predicted molar refractivity (Wildman–Crippen MR) is 71.5 cm³/mol. The summed E-state index contributed by atoms with van der Waals surface area (Å²) in [5.41, 5.74) is 0.744. The maximum atomic E-state index is 8.37. The zero-order valence-corrected chi connectivity index (χ0v) is 11.0. The Labute approximate surface area is 108 Å². The fourth-order valence-corrected chi connectivity index (χ4v) is 1.62. The van der Waals surface area contributed by atoms with Gasteiger partial charge in [-0.3, -0.25) is 0 Å². The second-order valence-corrected chi connectivity index (χ2v) is 3.90.